The van der Waals surface area contributed by atoms with E-state index in [1.807, 2.05) is 36.4 Å². The number of ether oxygens (including phenoxy) is 4. The molecular weight excluding hydrogens is 528 g/mol. The number of nitrogens with zero attached hydrogens (tertiary/aromatic N) is 1. The van der Waals surface area contributed by atoms with Crippen LogP contribution in [-0.2, 0) is 35.1 Å². The molecule has 0 aromatic heterocycles. The highest BCUT2D eigenvalue weighted by Crippen LogP contribution is 2.42. The Morgan fingerprint density at radius 1 is 0.951 bits per heavy atom. The summed E-state index contributed by atoms with van der Waals surface area (Å²) in [6, 6.07) is 15.2. The van der Waals surface area contributed by atoms with E-state index in [9.17, 15) is 14.7 Å². The Hall–Kier alpha value is -2.86. The van der Waals surface area contributed by atoms with E-state index in [-0.39, 0.29) is 43.5 Å². The second kappa shape index (κ2) is 13.4. The first-order valence-electron chi connectivity index (χ1n) is 14.5. The van der Waals surface area contributed by atoms with Crippen LogP contribution in [0.15, 0.2) is 48.5 Å². The first-order chi connectivity index (χ1) is 19.8. The van der Waals surface area contributed by atoms with Gasteiger partial charge in [0.05, 0.1) is 32.0 Å². The molecule has 222 valence electrons. The molecule has 3 aliphatic rings. The zero-order valence-corrected chi connectivity index (χ0v) is 23.5. The van der Waals surface area contributed by atoms with E-state index < -0.39 is 18.0 Å². The third-order valence-electron chi connectivity index (χ3n) is 8.25. The zero-order valence-electron chi connectivity index (χ0n) is 23.5. The molecule has 41 heavy (non-hydrogen) atoms. The average Bonchev–Trinajstić information content (AvgIpc) is 3.43. The summed E-state index contributed by atoms with van der Waals surface area (Å²) in [4.78, 5) is 25.3. The fourth-order valence-corrected chi connectivity index (χ4v) is 5.79. The van der Waals surface area contributed by atoms with Crippen LogP contribution >= 0.6 is 0 Å². The van der Waals surface area contributed by atoms with Gasteiger partial charge in [-0.15, -0.1) is 0 Å². The molecule has 3 N–H and O–H groups in total. The van der Waals surface area contributed by atoms with Gasteiger partial charge in [-0.25, -0.2) is 0 Å². The molecule has 4 atom stereocenters. The van der Waals surface area contributed by atoms with E-state index in [0.29, 0.717) is 25.3 Å². The van der Waals surface area contributed by atoms with Gasteiger partial charge >= 0.3 is 5.97 Å². The summed E-state index contributed by atoms with van der Waals surface area (Å²) in [7, 11) is 0. The normalized spacial score (nSPS) is 26.2. The highest BCUT2D eigenvalue weighted by atomic mass is 16.7. The summed E-state index contributed by atoms with van der Waals surface area (Å²) in [6.45, 7) is 5.96. The van der Waals surface area contributed by atoms with Crippen LogP contribution in [0.3, 0.4) is 0 Å². The van der Waals surface area contributed by atoms with E-state index in [1.165, 1.54) is 0 Å². The Labute approximate surface area is 240 Å². The molecule has 10 heteroatoms. The van der Waals surface area contributed by atoms with Crippen molar-refractivity contribution in [3.8, 4) is 0 Å². The number of amides is 1. The topological polar surface area (TPSA) is 127 Å². The van der Waals surface area contributed by atoms with Gasteiger partial charge in [-0.05, 0) is 29.7 Å². The van der Waals surface area contributed by atoms with Crippen LogP contribution in [-0.4, -0.2) is 71.7 Å². The molecule has 3 aliphatic heterocycles. The van der Waals surface area contributed by atoms with Crippen LogP contribution in [0.4, 0.5) is 5.69 Å². The number of carbonyl (C=O) groups is 2. The lowest BCUT2D eigenvalue weighted by Gasteiger charge is -2.44. The quantitative estimate of drug-likeness (QED) is 0.390. The minimum absolute atomic E-state index is 0.0119. The third-order valence-corrected chi connectivity index (χ3v) is 8.25. The number of aliphatic hydroxyl groups excluding tert-OH is 1. The number of rotatable bonds is 10. The van der Waals surface area contributed by atoms with Gasteiger partial charge in [-0.1, -0.05) is 43.3 Å². The molecule has 5 rings (SSSR count). The number of benzene rings is 2. The molecule has 1 amide bonds. The lowest BCUT2D eigenvalue weighted by molar-refractivity contribution is -0.278. The molecule has 4 unspecified atom stereocenters. The van der Waals surface area contributed by atoms with E-state index >= 15 is 0 Å². The monoisotopic (exact) mass is 568 g/mol. The maximum absolute atomic E-state index is 12.2. The van der Waals surface area contributed by atoms with Gasteiger partial charge in [0.1, 0.15) is 0 Å². The van der Waals surface area contributed by atoms with Gasteiger partial charge in [-0.2, -0.15) is 0 Å². The average molecular weight is 569 g/mol. The Morgan fingerprint density at radius 3 is 2.24 bits per heavy atom. The fourth-order valence-electron chi connectivity index (χ4n) is 5.79. The molecule has 0 radical (unpaired) electrons. The predicted molar refractivity (Wildman–Crippen MR) is 150 cm³/mol. The number of anilines is 1. The SMILES string of the molecule is CC1C(CN2CCC3(CC2)OCCO3)OC(c2ccc(NC(=O)CCCC(=O)O)cc2)OC1c1ccc(CO)cc1. The summed E-state index contributed by atoms with van der Waals surface area (Å²) in [5.41, 5.74) is 3.35. The third kappa shape index (κ3) is 7.51. The van der Waals surface area contributed by atoms with Crippen molar-refractivity contribution in [3.63, 3.8) is 0 Å². The predicted octanol–water partition coefficient (Wildman–Crippen LogP) is 4.00. The molecular formula is C31H40N2O8. The van der Waals surface area contributed by atoms with Crippen LogP contribution in [0, 0.1) is 5.92 Å². The maximum Gasteiger partial charge on any atom is 0.303 e. The van der Waals surface area contributed by atoms with E-state index in [1.54, 1.807) is 12.1 Å². The van der Waals surface area contributed by atoms with Crippen LogP contribution in [0.1, 0.15) is 68.1 Å². The molecule has 3 saturated heterocycles. The number of hydrogen-bond donors (Lipinski definition) is 3. The molecule has 1 spiro atoms. The zero-order chi connectivity index (χ0) is 28.8. The number of hydrogen-bond acceptors (Lipinski definition) is 8. The highest BCUT2D eigenvalue weighted by Gasteiger charge is 2.43. The molecule has 10 nitrogen and oxygen atoms in total. The van der Waals surface area contributed by atoms with Crippen LogP contribution in [0.5, 0.6) is 0 Å². The van der Waals surface area contributed by atoms with Crippen molar-refractivity contribution in [2.24, 2.45) is 5.92 Å². The Balaban J connectivity index is 1.27. The molecule has 0 bridgehead atoms. The molecule has 3 heterocycles. The van der Waals surface area contributed by atoms with Gasteiger partial charge in [0.15, 0.2) is 12.1 Å². The lowest BCUT2D eigenvalue weighted by Crippen LogP contribution is -2.50. The van der Waals surface area contributed by atoms with Crippen LogP contribution in [0.25, 0.3) is 0 Å². The summed E-state index contributed by atoms with van der Waals surface area (Å²) < 4.78 is 24.9. The highest BCUT2D eigenvalue weighted by molar-refractivity contribution is 5.90. The minimum atomic E-state index is -0.911. The Morgan fingerprint density at radius 2 is 1.61 bits per heavy atom. The number of nitrogens with one attached hydrogen (secondary N) is 1. The van der Waals surface area contributed by atoms with E-state index in [2.05, 4.69) is 17.1 Å². The van der Waals surface area contributed by atoms with Crippen molar-refractivity contribution in [2.75, 3.05) is 38.2 Å². The molecule has 0 saturated carbocycles. The smallest absolute Gasteiger partial charge is 0.303 e. The fraction of sp³-hybridized carbons (Fsp3) is 0.548. The first kappa shape index (κ1) is 29.6. The van der Waals surface area contributed by atoms with Crippen molar-refractivity contribution in [2.45, 2.75) is 69.9 Å². The number of carboxylic acid groups (broad SMARTS) is 1. The molecule has 2 aromatic rings. The van der Waals surface area contributed by atoms with E-state index in [0.717, 1.165) is 49.2 Å². The van der Waals surface area contributed by atoms with Gasteiger partial charge in [0, 0.05) is 62.5 Å². The van der Waals surface area contributed by atoms with Crippen molar-refractivity contribution in [1.82, 2.24) is 4.90 Å². The number of aliphatic hydroxyl groups is 1. The van der Waals surface area contributed by atoms with Gasteiger partial charge in [-0.3, -0.25) is 9.59 Å². The Bertz CT molecular complexity index is 1160. The molecule has 3 fully saturated rings. The number of likely N-dealkylation sites (tertiary alicyclic amines) is 1. The molecule has 2 aromatic carbocycles. The van der Waals surface area contributed by atoms with Crippen molar-refractivity contribution >= 4 is 17.6 Å². The number of carbonyl (C=O) groups excluding carboxylic acids is 1. The van der Waals surface area contributed by atoms with Crippen LogP contribution < -0.4 is 5.32 Å². The minimum Gasteiger partial charge on any atom is -0.481 e. The summed E-state index contributed by atoms with van der Waals surface area (Å²) >= 11 is 0. The number of carboxylic acids is 1. The number of aliphatic carboxylic acids is 1. The lowest BCUT2D eigenvalue weighted by atomic mass is 9.89. The maximum atomic E-state index is 12.2. The Kier molecular flexibility index (Phi) is 9.69. The van der Waals surface area contributed by atoms with Crippen LogP contribution in [0.2, 0.25) is 0 Å². The van der Waals surface area contributed by atoms with Crippen molar-refractivity contribution in [3.05, 3.63) is 65.2 Å². The van der Waals surface area contributed by atoms with Gasteiger partial charge < -0.3 is 39.4 Å². The number of piperidine rings is 1. The van der Waals surface area contributed by atoms with Crippen molar-refractivity contribution in [1.29, 1.82) is 0 Å². The summed E-state index contributed by atoms with van der Waals surface area (Å²) in [6.07, 6.45) is 1.18. The second-order valence-electron chi connectivity index (χ2n) is 11.1. The second-order valence-corrected chi connectivity index (χ2v) is 11.1. The van der Waals surface area contributed by atoms with Crippen molar-refractivity contribution < 1.29 is 38.7 Å². The summed E-state index contributed by atoms with van der Waals surface area (Å²) in [5.74, 6) is -1.48. The first-order valence-corrected chi connectivity index (χ1v) is 14.5. The van der Waals surface area contributed by atoms with E-state index in [4.69, 9.17) is 24.1 Å². The largest absolute Gasteiger partial charge is 0.481 e. The standard InChI is InChI=1S/C31H40N2O8/c1-21-26(19-33-15-13-31(14-16-33)38-17-18-39-31)40-30(41-29(21)23-7-5-22(20-34)6-8-23)24-9-11-25(12-10-24)32-27(35)3-2-4-28(36)37/h5-12,21,26,29-30,34H,2-4,13-20H2,1H3,(H,32,35)(H,36,37). The molecule has 0 aliphatic carbocycles. The summed E-state index contributed by atoms with van der Waals surface area (Å²) in [5, 5.41) is 21.1. The van der Waals surface area contributed by atoms with Gasteiger partial charge in [0.2, 0.25) is 5.91 Å². The van der Waals surface area contributed by atoms with Gasteiger partial charge in [0.25, 0.3) is 0 Å².